The number of rotatable bonds is 4. The number of aromatic nitrogens is 1. The van der Waals surface area contributed by atoms with Crippen molar-refractivity contribution in [3.8, 4) is 5.88 Å². The van der Waals surface area contributed by atoms with E-state index in [0.717, 1.165) is 54.3 Å². The number of fused-ring (bicyclic) bond motifs is 2. The van der Waals surface area contributed by atoms with E-state index in [1.807, 2.05) is 6.92 Å². The van der Waals surface area contributed by atoms with Crippen LogP contribution in [0.4, 0.5) is 15.8 Å². The van der Waals surface area contributed by atoms with Gasteiger partial charge < -0.3 is 9.50 Å². The van der Waals surface area contributed by atoms with Crippen LogP contribution in [-0.4, -0.2) is 19.7 Å². The van der Waals surface area contributed by atoms with Crippen LogP contribution >= 0.6 is 0 Å². The molecule has 1 aromatic heterocycles. The van der Waals surface area contributed by atoms with E-state index in [2.05, 4.69) is 10.3 Å². The third-order valence-corrected chi connectivity index (χ3v) is 5.75. The van der Waals surface area contributed by atoms with E-state index in [9.17, 15) is 12.8 Å². The van der Waals surface area contributed by atoms with Crippen LogP contribution in [0.2, 0.25) is 0 Å². The van der Waals surface area contributed by atoms with Crippen LogP contribution in [-0.2, 0) is 10.1 Å². The van der Waals surface area contributed by atoms with Gasteiger partial charge in [-0.25, -0.2) is 9.37 Å². The minimum Gasteiger partial charge on any atom is -0.361 e. The van der Waals surface area contributed by atoms with Crippen LogP contribution in [0, 0.1) is 12.7 Å². The lowest BCUT2D eigenvalue weighted by Gasteiger charge is -2.39. The first-order chi connectivity index (χ1) is 12.3. The molecule has 0 spiro atoms. The fourth-order valence-corrected chi connectivity index (χ4v) is 4.64. The van der Waals surface area contributed by atoms with Crippen molar-refractivity contribution in [1.82, 2.24) is 4.98 Å². The van der Waals surface area contributed by atoms with E-state index in [0.29, 0.717) is 11.6 Å². The van der Waals surface area contributed by atoms with Crippen LogP contribution in [0.25, 0.3) is 0 Å². The average molecular weight is 376 g/mol. The monoisotopic (exact) mass is 376 g/mol. The second-order valence-corrected chi connectivity index (χ2v) is 8.82. The van der Waals surface area contributed by atoms with Crippen molar-refractivity contribution in [2.45, 2.75) is 44.4 Å². The van der Waals surface area contributed by atoms with Gasteiger partial charge in [0.05, 0.1) is 23.8 Å². The Morgan fingerprint density at radius 2 is 1.77 bits per heavy atom. The van der Waals surface area contributed by atoms with Crippen molar-refractivity contribution >= 4 is 21.5 Å². The van der Waals surface area contributed by atoms with Gasteiger partial charge in [-0.3, -0.25) is 0 Å². The Hall–Kier alpha value is -2.15. The third-order valence-electron chi connectivity index (χ3n) is 5.29. The number of nitrogens with one attached hydrogen (secondary N) is 1. The first kappa shape index (κ1) is 17.3. The van der Waals surface area contributed by atoms with Gasteiger partial charge in [-0.2, -0.15) is 8.42 Å². The molecule has 7 heteroatoms. The number of hydrogen-bond donors (Lipinski definition) is 1. The highest BCUT2D eigenvalue weighted by molar-refractivity contribution is 7.86. The van der Waals surface area contributed by atoms with Gasteiger partial charge in [-0.15, -0.1) is 0 Å². The van der Waals surface area contributed by atoms with Gasteiger partial charge in [0.25, 0.3) is 0 Å². The maximum absolute atomic E-state index is 14.2. The summed E-state index contributed by atoms with van der Waals surface area (Å²) in [5.74, 6) is 0.396. The summed E-state index contributed by atoms with van der Waals surface area (Å²) in [6, 6.07) is 4.91. The van der Waals surface area contributed by atoms with E-state index in [1.165, 1.54) is 6.07 Å². The minimum absolute atomic E-state index is 0.173. The van der Waals surface area contributed by atoms with Crippen molar-refractivity contribution in [3.05, 3.63) is 46.9 Å². The lowest BCUT2D eigenvalue weighted by atomic mass is 9.67. The lowest BCUT2D eigenvalue weighted by Crippen LogP contribution is -2.25. The number of nitrogens with zero attached hydrogens (tertiary/aromatic N) is 1. The van der Waals surface area contributed by atoms with Gasteiger partial charge in [0.2, 0.25) is 5.88 Å². The zero-order valence-corrected chi connectivity index (χ0v) is 15.6. The first-order valence-corrected chi connectivity index (χ1v) is 10.6. The molecule has 0 radical (unpaired) electrons. The fourth-order valence-electron chi connectivity index (χ4n) is 4.22. The van der Waals surface area contributed by atoms with Gasteiger partial charge in [0.1, 0.15) is 5.82 Å². The van der Waals surface area contributed by atoms with Gasteiger partial charge >= 0.3 is 10.1 Å². The Bertz CT molecular complexity index is 967. The van der Waals surface area contributed by atoms with Gasteiger partial charge in [-0.05, 0) is 67.7 Å². The molecule has 0 saturated heterocycles. The average Bonchev–Trinajstić information content (AvgIpc) is 2.59. The molecule has 1 fully saturated rings. The van der Waals surface area contributed by atoms with Gasteiger partial charge in [0.15, 0.2) is 0 Å². The molecule has 0 amide bonds. The van der Waals surface area contributed by atoms with E-state index in [1.54, 1.807) is 18.3 Å². The Morgan fingerprint density at radius 3 is 2.42 bits per heavy atom. The topological polar surface area (TPSA) is 68.3 Å². The Morgan fingerprint density at radius 1 is 1.12 bits per heavy atom. The smallest absolute Gasteiger partial charge is 0.307 e. The zero-order chi connectivity index (χ0) is 18.5. The zero-order valence-electron chi connectivity index (χ0n) is 14.8. The second kappa shape index (κ2) is 6.23. The molecular formula is C19H21FN2O3S. The molecule has 2 aromatic rings. The normalized spacial score (nSPS) is 21.3. The summed E-state index contributed by atoms with van der Waals surface area (Å²) in [6.07, 6.45) is 6.68. The fraction of sp³-hybridized carbons (Fsp3) is 0.421. The Kier molecular flexibility index (Phi) is 4.14. The van der Waals surface area contributed by atoms with Crippen molar-refractivity contribution < 1.29 is 17.0 Å². The summed E-state index contributed by atoms with van der Waals surface area (Å²) in [6.45, 7) is 1.91. The molecule has 5 nitrogen and oxygen atoms in total. The molecule has 1 N–H and O–H groups in total. The highest BCUT2D eigenvalue weighted by Gasteiger charge is 2.38. The molecular weight excluding hydrogens is 355 g/mol. The lowest BCUT2D eigenvalue weighted by molar-refractivity contribution is 0.348. The molecule has 3 aliphatic carbocycles. The summed E-state index contributed by atoms with van der Waals surface area (Å²) in [4.78, 5) is 4.26. The largest absolute Gasteiger partial charge is 0.361 e. The quantitative estimate of drug-likeness (QED) is 0.803. The summed E-state index contributed by atoms with van der Waals surface area (Å²) < 4.78 is 42.6. The standard InChI is InChI=1S/C19H21FN2O3S/c1-11-3-8-14(20)15(9-11)22-16-10-21-19(25-26(2,23)24)18-13-6-4-12(5-7-13)17(16)18/h3,8-10,12-13,22H,4-7H2,1-2H3. The maximum atomic E-state index is 14.2. The van der Waals surface area contributed by atoms with E-state index < -0.39 is 10.1 Å². The highest BCUT2D eigenvalue weighted by Crippen LogP contribution is 2.54. The van der Waals surface area contributed by atoms with Crippen molar-refractivity contribution in [2.75, 3.05) is 11.6 Å². The number of benzene rings is 1. The molecule has 1 saturated carbocycles. The number of halogens is 1. The molecule has 1 heterocycles. The van der Waals surface area contributed by atoms with E-state index in [4.69, 9.17) is 4.18 Å². The molecule has 26 heavy (non-hydrogen) atoms. The summed E-state index contributed by atoms with van der Waals surface area (Å²) in [5.41, 5.74) is 3.99. The number of anilines is 2. The van der Waals surface area contributed by atoms with E-state index >= 15 is 0 Å². The van der Waals surface area contributed by atoms with E-state index in [-0.39, 0.29) is 17.6 Å². The molecule has 5 rings (SSSR count). The van der Waals surface area contributed by atoms with Crippen LogP contribution in [0.5, 0.6) is 5.88 Å². The predicted octanol–water partition coefficient (Wildman–Crippen LogP) is 4.37. The molecule has 1 aromatic carbocycles. The summed E-state index contributed by atoms with van der Waals surface area (Å²) in [7, 11) is -3.65. The SMILES string of the molecule is Cc1ccc(F)c(Nc2cnc(OS(C)(=O)=O)c3c2C2CCC3CC2)c1. The number of hydrogen-bond acceptors (Lipinski definition) is 5. The first-order valence-electron chi connectivity index (χ1n) is 8.77. The van der Waals surface area contributed by atoms with Gasteiger partial charge in [-0.1, -0.05) is 6.07 Å². The van der Waals surface area contributed by atoms with Gasteiger partial charge in [0, 0.05) is 5.56 Å². The predicted molar refractivity (Wildman–Crippen MR) is 98.1 cm³/mol. The summed E-state index contributed by atoms with van der Waals surface area (Å²) >= 11 is 0. The van der Waals surface area contributed by atoms with Crippen LogP contribution in [0.3, 0.4) is 0 Å². The van der Waals surface area contributed by atoms with Crippen molar-refractivity contribution in [2.24, 2.45) is 0 Å². The molecule has 0 aliphatic heterocycles. The Labute approximate surface area is 152 Å². The molecule has 0 atom stereocenters. The van der Waals surface area contributed by atoms with Crippen LogP contribution < -0.4 is 9.50 Å². The third kappa shape index (κ3) is 3.16. The Balaban J connectivity index is 1.82. The van der Waals surface area contributed by atoms with Crippen LogP contribution in [0.1, 0.15) is 54.2 Å². The highest BCUT2D eigenvalue weighted by atomic mass is 32.2. The molecule has 3 aliphatic rings. The second-order valence-electron chi connectivity index (χ2n) is 7.25. The van der Waals surface area contributed by atoms with Crippen molar-refractivity contribution in [3.63, 3.8) is 0 Å². The molecule has 2 bridgehead atoms. The minimum atomic E-state index is -3.65. The summed E-state index contributed by atoms with van der Waals surface area (Å²) in [5, 5.41) is 3.17. The van der Waals surface area contributed by atoms with Crippen LogP contribution in [0.15, 0.2) is 24.4 Å². The number of pyridine rings is 1. The number of aryl methyl sites for hydroxylation is 1. The molecule has 0 unspecified atom stereocenters. The van der Waals surface area contributed by atoms with Crippen molar-refractivity contribution in [1.29, 1.82) is 0 Å². The molecule has 138 valence electrons. The maximum Gasteiger partial charge on any atom is 0.307 e.